The molecule has 0 unspecified atom stereocenters. The molecule has 0 saturated heterocycles. The van der Waals surface area contributed by atoms with Crippen LogP contribution in [0.2, 0.25) is 0 Å². The second-order valence-corrected chi connectivity index (χ2v) is 5.00. The van der Waals surface area contributed by atoms with E-state index in [0.29, 0.717) is 6.61 Å². The van der Waals surface area contributed by atoms with Gasteiger partial charge in [-0.15, -0.1) is 0 Å². The molecular weight excluding hydrogens is 232 g/mol. The van der Waals surface area contributed by atoms with Crippen molar-refractivity contribution in [3.8, 4) is 0 Å². The molecule has 0 aromatic carbocycles. The van der Waals surface area contributed by atoms with Crippen molar-refractivity contribution in [3.05, 3.63) is 24.0 Å². The first-order valence-electron chi connectivity index (χ1n) is 5.87. The van der Waals surface area contributed by atoms with Gasteiger partial charge in [0.1, 0.15) is 5.69 Å². The summed E-state index contributed by atoms with van der Waals surface area (Å²) in [6, 6.07) is 3.30. The smallest absolute Gasteiger partial charge is 0.354 e. The molecule has 5 heteroatoms. The molecule has 0 fully saturated rings. The molecule has 0 amide bonds. The van der Waals surface area contributed by atoms with Crippen LogP contribution in [-0.4, -0.2) is 36.3 Å². The number of aromatic nitrogens is 1. The number of hydrogen-bond donors (Lipinski definition) is 2. The van der Waals surface area contributed by atoms with Crippen LogP contribution in [0.4, 0.5) is 5.69 Å². The lowest BCUT2D eigenvalue weighted by molar-refractivity contribution is 0.0690. The number of aromatic carboxylic acids is 1. The highest BCUT2D eigenvalue weighted by molar-refractivity contribution is 5.86. The lowest BCUT2D eigenvalue weighted by Gasteiger charge is -2.25. The second kappa shape index (κ2) is 6.35. The number of hydrogen-bond acceptors (Lipinski definition) is 4. The second-order valence-electron chi connectivity index (χ2n) is 5.00. The zero-order chi connectivity index (χ0) is 13.6. The molecule has 1 heterocycles. The summed E-state index contributed by atoms with van der Waals surface area (Å²) in [7, 11) is 1.69. The molecule has 0 bridgehead atoms. The number of ether oxygens (including phenoxy) is 1. The monoisotopic (exact) mass is 252 g/mol. The Balaban J connectivity index is 2.57. The minimum Gasteiger partial charge on any atom is -0.477 e. The summed E-state index contributed by atoms with van der Waals surface area (Å²) in [5, 5.41) is 12.1. The van der Waals surface area contributed by atoms with Crippen LogP contribution in [0.25, 0.3) is 0 Å². The Morgan fingerprint density at radius 2 is 2.28 bits per heavy atom. The normalized spacial score (nSPS) is 11.3. The number of pyridine rings is 1. The molecule has 5 nitrogen and oxygen atoms in total. The van der Waals surface area contributed by atoms with Gasteiger partial charge in [-0.05, 0) is 24.0 Å². The SMILES string of the molecule is COCCC(C)(C)CNc1ccnc(C(=O)O)c1. The molecule has 0 radical (unpaired) electrons. The number of carboxylic acids is 1. The van der Waals surface area contributed by atoms with Crippen LogP contribution in [0.3, 0.4) is 0 Å². The average Bonchev–Trinajstić information content (AvgIpc) is 2.34. The summed E-state index contributed by atoms with van der Waals surface area (Å²) in [6.07, 6.45) is 2.43. The van der Waals surface area contributed by atoms with Crippen molar-refractivity contribution in [2.45, 2.75) is 20.3 Å². The van der Waals surface area contributed by atoms with Gasteiger partial charge < -0.3 is 15.2 Å². The Labute approximate surface area is 107 Å². The average molecular weight is 252 g/mol. The fraction of sp³-hybridized carbons (Fsp3) is 0.538. The van der Waals surface area contributed by atoms with E-state index in [1.54, 1.807) is 13.2 Å². The van der Waals surface area contributed by atoms with Gasteiger partial charge >= 0.3 is 5.97 Å². The standard InChI is InChI=1S/C13H20N2O3/c1-13(2,5-7-18-3)9-15-10-4-6-14-11(8-10)12(16)17/h4,6,8H,5,7,9H2,1-3H3,(H,14,15)(H,16,17). The van der Waals surface area contributed by atoms with Gasteiger partial charge in [0.25, 0.3) is 0 Å². The number of methoxy groups -OCH3 is 1. The molecule has 0 saturated carbocycles. The van der Waals surface area contributed by atoms with Crippen molar-refractivity contribution in [3.63, 3.8) is 0 Å². The zero-order valence-electron chi connectivity index (χ0n) is 11.1. The number of anilines is 1. The lowest BCUT2D eigenvalue weighted by Crippen LogP contribution is -2.24. The Morgan fingerprint density at radius 1 is 1.56 bits per heavy atom. The topological polar surface area (TPSA) is 71.5 Å². The van der Waals surface area contributed by atoms with Gasteiger partial charge in [0, 0.05) is 32.1 Å². The van der Waals surface area contributed by atoms with Gasteiger partial charge in [0.2, 0.25) is 0 Å². The molecule has 0 atom stereocenters. The third-order valence-corrected chi connectivity index (χ3v) is 2.73. The summed E-state index contributed by atoms with van der Waals surface area (Å²) in [6.45, 7) is 5.74. The molecule has 1 aromatic heterocycles. The third-order valence-electron chi connectivity index (χ3n) is 2.73. The van der Waals surface area contributed by atoms with Crippen LogP contribution in [0, 0.1) is 5.41 Å². The first-order chi connectivity index (χ1) is 8.44. The predicted octanol–water partition coefficient (Wildman–Crippen LogP) is 2.25. The summed E-state index contributed by atoms with van der Waals surface area (Å²) >= 11 is 0. The Bertz CT molecular complexity index is 405. The highest BCUT2D eigenvalue weighted by Crippen LogP contribution is 2.21. The maximum Gasteiger partial charge on any atom is 0.354 e. The van der Waals surface area contributed by atoms with E-state index in [1.807, 2.05) is 0 Å². The first-order valence-corrected chi connectivity index (χ1v) is 5.87. The van der Waals surface area contributed by atoms with Crippen molar-refractivity contribution in [1.82, 2.24) is 4.98 Å². The Kier molecular flexibility index (Phi) is 5.09. The number of nitrogens with zero attached hydrogens (tertiary/aromatic N) is 1. The summed E-state index contributed by atoms with van der Waals surface area (Å²) in [5.74, 6) is -1.02. The van der Waals surface area contributed by atoms with Gasteiger partial charge in [-0.2, -0.15) is 0 Å². The molecule has 0 aliphatic heterocycles. The van der Waals surface area contributed by atoms with Crippen LogP contribution < -0.4 is 5.32 Å². The predicted molar refractivity (Wildman–Crippen MR) is 70.0 cm³/mol. The summed E-state index contributed by atoms with van der Waals surface area (Å²) in [5.41, 5.74) is 0.908. The van der Waals surface area contributed by atoms with Crippen molar-refractivity contribution >= 4 is 11.7 Å². The van der Waals surface area contributed by atoms with Crippen molar-refractivity contribution < 1.29 is 14.6 Å². The van der Waals surface area contributed by atoms with E-state index in [2.05, 4.69) is 24.1 Å². The van der Waals surface area contributed by atoms with E-state index in [4.69, 9.17) is 9.84 Å². The minimum atomic E-state index is -1.02. The van der Waals surface area contributed by atoms with Gasteiger partial charge in [-0.25, -0.2) is 9.78 Å². The zero-order valence-corrected chi connectivity index (χ0v) is 11.1. The fourth-order valence-corrected chi connectivity index (χ4v) is 1.47. The molecule has 100 valence electrons. The number of nitrogens with one attached hydrogen (secondary N) is 1. The summed E-state index contributed by atoms with van der Waals surface area (Å²) < 4.78 is 5.06. The van der Waals surface area contributed by atoms with Gasteiger partial charge in [-0.1, -0.05) is 13.8 Å². The number of carbonyl (C=O) groups is 1. The first kappa shape index (κ1) is 14.4. The van der Waals surface area contributed by atoms with Gasteiger partial charge in [0.05, 0.1) is 0 Å². The third kappa shape index (κ3) is 4.71. The Morgan fingerprint density at radius 3 is 2.89 bits per heavy atom. The largest absolute Gasteiger partial charge is 0.477 e. The molecule has 0 spiro atoms. The maximum atomic E-state index is 10.8. The molecule has 2 N–H and O–H groups in total. The minimum absolute atomic E-state index is 0.0506. The van der Waals surface area contributed by atoms with E-state index in [-0.39, 0.29) is 11.1 Å². The van der Waals surface area contributed by atoms with E-state index in [0.717, 1.165) is 18.7 Å². The molecule has 1 aromatic rings. The van der Waals surface area contributed by atoms with Gasteiger partial charge in [-0.3, -0.25) is 0 Å². The van der Waals surface area contributed by atoms with Crippen LogP contribution >= 0.6 is 0 Å². The fourth-order valence-electron chi connectivity index (χ4n) is 1.47. The van der Waals surface area contributed by atoms with Crippen LogP contribution in [0.15, 0.2) is 18.3 Å². The maximum absolute atomic E-state index is 10.8. The molecule has 1 rings (SSSR count). The highest BCUT2D eigenvalue weighted by atomic mass is 16.5. The van der Waals surface area contributed by atoms with E-state index < -0.39 is 5.97 Å². The van der Waals surface area contributed by atoms with Crippen molar-refractivity contribution in [1.29, 1.82) is 0 Å². The van der Waals surface area contributed by atoms with Crippen LogP contribution in [0.1, 0.15) is 30.8 Å². The molecule has 18 heavy (non-hydrogen) atoms. The highest BCUT2D eigenvalue weighted by Gasteiger charge is 2.17. The van der Waals surface area contributed by atoms with Gasteiger partial charge in [0.15, 0.2) is 0 Å². The molecular formula is C13H20N2O3. The van der Waals surface area contributed by atoms with E-state index >= 15 is 0 Å². The van der Waals surface area contributed by atoms with E-state index in [1.165, 1.54) is 12.3 Å². The van der Waals surface area contributed by atoms with E-state index in [9.17, 15) is 4.79 Å². The lowest BCUT2D eigenvalue weighted by atomic mass is 9.89. The quantitative estimate of drug-likeness (QED) is 0.778. The van der Waals surface area contributed by atoms with Crippen molar-refractivity contribution in [2.75, 3.05) is 25.6 Å². The Hall–Kier alpha value is -1.62. The molecule has 0 aliphatic carbocycles. The van der Waals surface area contributed by atoms with Crippen LogP contribution in [-0.2, 0) is 4.74 Å². The van der Waals surface area contributed by atoms with Crippen molar-refractivity contribution in [2.24, 2.45) is 5.41 Å². The molecule has 0 aliphatic rings. The number of carboxylic acid groups (broad SMARTS) is 1. The van der Waals surface area contributed by atoms with Crippen LogP contribution in [0.5, 0.6) is 0 Å². The summed E-state index contributed by atoms with van der Waals surface area (Å²) in [4.78, 5) is 14.6. The number of rotatable bonds is 7.